The second-order valence-corrected chi connectivity index (χ2v) is 8.41. The Hall–Kier alpha value is -3.03. The smallest absolute Gasteiger partial charge is 0.273 e. The van der Waals surface area contributed by atoms with E-state index in [1.54, 1.807) is 40.6 Å². The average molecular weight is 452 g/mol. The normalized spacial score (nSPS) is 11.7. The quantitative estimate of drug-likeness (QED) is 0.439. The number of carbonyl (C=O) groups is 2. The van der Waals surface area contributed by atoms with Crippen LogP contribution in [0.1, 0.15) is 45.9 Å². The molecule has 32 heavy (non-hydrogen) atoms. The molecule has 3 rings (SSSR count). The maximum absolute atomic E-state index is 13.5. The van der Waals surface area contributed by atoms with Gasteiger partial charge in [-0.3, -0.25) is 14.6 Å². The Morgan fingerprint density at radius 3 is 2.59 bits per heavy atom. The molecule has 0 fully saturated rings. The highest BCUT2D eigenvalue weighted by atomic mass is 32.1. The van der Waals surface area contributed by atoms with Gasteiger partial charge in [-0.2, -0.15) is 0 Å². The van der Waals surface area contributed by atoms with Crippen molar-refractivity contribution >= 4 is 23.2 Å². The summed E-state index contributed by atoms with van der Waals surface area (Å²) in [6.07, 6.45) is 2.30. The molecule has 7 heteroatoms. The Kier molecular flexibility index (Phi) is 8.95. The third-order valence-corrected chi connectivity index (χ3v) is 5.83. The van der Waals surface area contributed by atoms with E-state index in [0.717, 1.165) is 16.0 Å². The maximum atomic E-state index is 13.5. The van der Waals surface area contributed by atoms with Crippen molar-refractivity contribution in [3.8, 4) is 0 Å². The molecule has 6 nitrogen and oxygen atoms in total. The van der Waals surface area contributed by atoms with Crippen LogP contribution in [-0.4, -0.2) is 41.5 Å². The van der Waals surface area contributed by atoms with E-state index in [2.05, 4.69) is 10.3 Å². The lowest BCUT2D eigenvalue weighted by Crippen LogP contribution is -2.44. The fraction of sp³-hybridized carbons (Fsp3) is 0.320. The van der Waals surface area contributed by atoms with Gasteiger partial charge in [0, 0.05) is 30.8 Å². The number of aromatic nitrogens is 1. The first-order valence-electron chi connectivity index (χ1n) is 10.8. The van der Waals surface area contributed by atoms with Crippen LogP contribution in [0.4, 0.5) is 0 Å². The van der Waals surface area contributed by atoms with E-state index < -0.39 is 6.04 Å². The van der Waals surface area contributed by atoms with Crippen LogP contribution in [0.3, 0.4) is 0 Å². The molecule has 0 bridgehead atoms. The summed E-state index contributed by atoms with van der Waals surface area (Å²) >= 11 is 1.56. The van der Waals surface area contributed by atoms with Gasteiger partial charge < -0.3 is 15.0 Å². The van der Waals surface area contributed by atoms with E-state index >= 15 is 0 Å². The maximum Gasteiger partial charge on any atom is 0.273 e. The van der Waals surface area contributed by atoms with Crippen molar-refractivity contribution in [3.63, 3.8) is 0 Å². The van der Waals surface area contributed by atoms with E-state index in [0.29, 0.717) is 38.4 Å². The molecule has 1 aromatic carbocycles. The summed E-state index contributed by atoms with van der Waals surface area (Å²) in [6, 6.07) is 16.1. The van der Waals surface area contributed by atoms with Crippen molar-refractivity contribution in [1.29, 1.82) is 0 Å². The van der Waals surface area contributed by atoms with Crippen LogP contribution < -0.4 is 5.32 Å². The monoisotopic (exact) mass is 451 g/mol. The second-order valence-electron chi connectivity index (χ2n) is 7.38. The number of rotatable bonds is 11. The summed E-state index contributed by atoms with van der Waals surface area (Å²) in [4.78, 5) is 33.8. The third kappa shape index (κ3) is 6.48. The van der Waals surface area contributed by atoms with Gasteiger partial charge in [-0.05, 0) is 49.4 Å². The number of ether oxygens (including phenoxy) is 1. The Bertz CT molecular complexity index is 975. The molecule has 0 saturated carbocycles. The lowest BCUT2D eigenvalue weighted by Gasteiger charge is -2.31. The highest BCUT2D eigenvalue weighted by Crippen LogP contribution is 2.27. The molecule has 0 aliphatic rings. The summed E-state index contributed by atoms with van der Waals surface area (Å²) in [5.41, 5.74) is 2.16. The van der Waals surface area contributed by atoms with Crippen molar-refractivity contribution in [1.82, 2.24) is 15.2 Å². The van der Waals surface area contributed by atoms with Gasteiger partial charge in [-0.15, -0.1) is 11.3 Å². The van der Waals surface area contributed by atoms with Gasteiger partial charge in [0.25, 0.3) is 5.91 Å². The molecule has 0 spiro atoms. The fourth-order valence-electron chi connectivity index (χ4n) is 3.34. The zero-order valence-electron chi connectivity index (χ0n) is 18.5. The Morgan fingerprint density at radius 1 is 1.12 bits per heavy atom. The molecule has 0 aliphatic heterocycles. The van der Waals surface area contributed by atoms with Gasteiger partial charge in [-0.25, -0.2) is 0 Å². The van der Waals surface area contributed by atoms with Crippen molar-refractivity contribution in [3.05, 3.63) is 87.9 Å². The second kappa shape index (κ2) is 12.1. The number of nitrogens with zero attached hydrogens (tertiary/aromatic N) is 2. The number of hydrogen-bond donors (Lipinski definition) is 1. The summed E-state index contributed by atoms with van der Waals surface area (Å²) < 4.78 is 5.36. The van der Waals surface area contributed by atoms with Gasteiger partial charge in [0.15, 0.2) is 0 Å². The zero-order chi connectivity index (χ0) is 22.8. The fourth-order valence-corrected chi connectivity index (χ4v) is 4.04. The average Bonchev–Trinajstić information content (AvgIpc) is 3.33. The van der Waals surface area contributed by atoms with Crippen LogP contribution in [-0.2, 0) is 16.1 Å². The Balaban J connectivity index is 1.93. The summed E-state index contributed by atoms with van der Waals surface area (Å²) in [6.45, 7) is 5.96. The molecule has 0 saturated heterocycles. The predicted octanol–water partition coefficient (Wildman–Crippen LogP) is 4.38. The van der Waals surface area contributed by atoms with Crippen molar-refractivity contribution < 1.29 is 14.3 Å². The first-order valence-corrected chi connectivity index (χ1v) is 11.6. The van der Waals surface area contributed by atoms with Gasteiger partial charge in [0.05, 0.1) is 6.54 Å². The van der Waals surface area contributed by atoms with Gasteiger partial charge in [0.1, 0.15) is 11.7 Å². The van der Waals surface area contributed by atoms with Crippen LogP contribution in [0.5, 0.6) is 0 Å². The molecule has 0 radical (unpaired) electrons. The highest BCUT2D eigenvalue weighted by Gasteiger charge is 2.32. The molecule has 2 aromatic heterocycles. The molecule has 1 atom stereocenters. The predicted molar refractivity (Wildman–Crippen MR) is 126 cm³/mol. The molecule has 1 N–H and O–H groups in total. The number of benzene rings is 1. The topological polar surface area (TPSA) is 71.5 Å². The minimum atomic E-state index is -0.778. The summed E-state index contributed by atoms with van der Waals surface area (Å²) in [7, 11) is 0. The number of nitrogens with one attached hydrogen (secondary N) is 1. The van der Waals surface area contributed by atoms with Crippen molar-refractivity contribution in [2.75, 3.05) is 19.8 Å². The molecule has 168 valence electrons. The van der Waals surface area contributed by atoms with Crippen LogP contribution in [0, 0.1) is 6.92 Å². The Morgan fingerprint density at radius 2 is 1.94 bits per heavy atom. The van der Waals surface area contributed by atoms with Crippen LogP contribution in [0.15, 0.2) is 66.2 Å². The van der Waals surface area contributed by atoms with E-state index in [4.69, 9.17) is 4.74 Å². The van der Waals surface area contributed by atoms with E-state index in [9.17, 15) is 9.59 Å². The molecule has 2 heterocycles. The lowest BCUT2D eigenvalue weighted by atomic mass is 10.0. The van der Waals surface area contributed by atoms with Crippen molar-refractivity contribution in [2.24, 2.45) is 0 Å². The number of amides is 2. The minimum Gasteiger partial charge on any atom is -0.382 e. The number of pyridine rings is 1. The largest absolute Gasteiger partial charge is 0.382 e. The van der Waals surface area contributed by atoms with Crippen LogP contribution in [0.25, 0.3) is 0 Å². The molecule has 3 aromatic rings. The van der Waals surface area contributed by atoms with E-state index in [-0.39, 0.29) is 11.8 Å². The molecular weight excluding hydrogens is 422 g/mol. The number of carbonyl (C=O) groups excluding carboxylic acids is 2. The number of hydrogen-bond acceptors (Lipinski definition) is 5. The zero-order valence-corrected chi connectivity index (χ0v) is 19.3. The molecule has 0 aliphatic carbocycles. The third-order valence-electron chi connectivity index (χ3n) is 4.97. The summed E-state index contributed by atoms with van der Waals surface area (Å²) in [5.74, 6) is -0.500. The SMILES string of the molecule is CCOCCCNC(=O)[C@@H](c1ccc(C)cc1)N(Cc1cccs1)C(=O)c1ccccn1. The molecule has 2 amide bonds. The number of thiophene rings is 1. The minimum absolute atomic E-state index is 0.216. The van der Waals surface area contributed by atoms with Crippen molar-refractivity contribution in [2.45, 2.75) is 32.9 Å². The lowest BCUT2D eigenvalue weighted by molar-refractivity contribution is -0.126. The summed E-state index contributed by atoms with van der Waals surface area (Å²) in [5, 5.41) is 4.96. The van der Waals surface area contributed by atoms with Gasteiger partial charge in [0.2, 0.25) is 5.91 Å². The number of aryl methyl sites for hydroxylation is 1. The highest BCUT2D eigenvalue weighted by molar-refractivity contribution is 7.09. The standard InChI is InChI=1S/C25H29N3O3S/c1-3-31-16-7-15-27-24(29)23(20-12-10-19(2)11-13-20)28(18-21-8-6-17-32-21)25(30)22-9-4-5-14-26-22/h4-6,8-14,17,23H,3,7,15-16,18H2,1-2H3,(H,27,29)/t23-/m1/s1. The van der Waals surface area contributed by atoms with E-state index in [1.807, 2.05) is 55.6 Å². The Labute approximate surface area is 193 Å². The molecule has 0 unspecified atom stereocenters. The van der Waals surface area contributed by atoms with Gasteiger partial charge >= 0.3 is 0 Å². The van der Waals surface area contributed by atoms with Crippen LogP contribution in [0.2, 0.25) is 0 Å². The van der Waals surface area contributed by atoms with E-state index in [1.165, 1.54) is 0 Å². The first-order chi connectivity index (χ1) is 15.6. The van der Waals surface area contributed by atoms with Crippen LogP contribution >= 0.6 is 11.3 Å². The molecular formula is C25H29N3O3S. The van der Waals surface area contributed by atoms with Gasteiger partial charge in [-0.1, -0.05) is 42.0 Å². The first kappa shape index (κ1) is 23.6.